The van der Waals surface area contributed by atoms with E-state index in [1.807, 2.05) is 0 Å². The molecule has 0 aliphatic rings. The number of halogens is 5. The fourth-order valence-corrected chi connectivity index (χ4v) is 3.93. The van der Waals surface area contributed by atoms with Crippen LogP contribution in [-0.2, 0) is 10.0 Å². The second kappa shape index (κ2) is 7.30. The molecule has 2 aromatic carbocycles. The summed E-state index contributed by atoms with van der Waals surface area (Å²) in [7, 11) is -4.55. The van der Waals surface area contributed by atoms with Crippen LogP contribution < -0.4 is 5.14 Å². The number of hydrogen-bond acceptors (Lipinski definition) is 4. The molecule has 3 aromatic rings. The number of aryl methyl sites for hydroxylation is 1. The molecule has 3 rings (SSSR count). The van der Waals surface area contributed by atoms with Crippen LogP contribution in [0.4, 0.5) is 17.6 Å². The van der Waals surface area contributed by atoms with E-state index in [1.165, 1.54) is 6.07 Å². The van der Waals surface area contributed by atoms with Crippen LogP contribution in [0.2, 0.25) is 0 Å². The maximum absolute atomic E-state index is 14.6. The van der Waals surface area contributed by atoms with E-state index in [4.69, 9.17) is 9.66 Å². The van der Waals surface area contributed by atoms with Gasteiger partial charge in [-0.25, -0.2) is 31.1 Å². The van der Waals surface area contributed by atoms with Crippen molar-refractivity contribution in [2.75, 3.05) is 0 Å². The summed E-state index contributed by atoms with van der Waals surface area (Å²) in [6, 6.07) is 5.68. The molecule has 0 bridgehead atoms. The minimum atomic E-state index is -4.55. The van der Waals surface area contributed by atoms with Gasteiger partial charge in [0.1, 0.15) is 22.2 Å². The topological polar surface area (TPSA) is 86.2 Å². The average Bonchev–Trinajstić information content (AvgIpc) is 2.99. The molecule has 1 aromatic heterocycles. The van der Waals surface area contributed by atoms with Gasteiger partial charge < -0.3 is 4.52 Å². The van der Waals surface area contributed by atoms with Gasteiger partial charge in [-0.1, -0.05) is 21.1 Å². The van der Waals surface area contributed by atoms with Gasteiger partial charge in [-0.15, -0.1) is 0 Å². The zero-order chi connectivity index (χ0) is 20.8. The number of hydrogen-bond donors (Lipinski definition) is 1. The van der Waals surface area contributed by atoms with Crippen molar-refractivity contribution in [2.24, 2.45) is 5.14 Å². The molecule has 0 aliphatic heterocycles. The summed E-state index contributed by atoms with van der Waals surface area (Å²) in [4.78, 5) is -1.09. The van der Waals surface area contributed by atoms with Gasteiger partial charge in [0.2, 0.25) is 15.8 Å². The van der Waals surface area contributed by atoms with E-state index in [9.17, 15) is 26.0 Å². The van der Waals surface area contributed by atoms with Crippen LogP contribution in [0.5, 0.6) is 0 Å². The lowest BCUT2D eigenvalue weighted by molar-refractivity contribution is 0.113. The fraction of sp³-hybridized carbons (Fsp3) is 0.118. The first-order valence-corrected chi connectivity index (χ1v) is 9.90. The quantitative estimate of drug-likeness (QED) is 0.537. The Morgan fingerprint density at radius 3 is 2.36 bits per heavy atom. The number of alkyl halides is 2. The van der Waals surface area contributed by atoms with E-state index >= 15 is 0 Å². The Labute approximate surface area is 165 Å². The Morgan fingerprint density at radius 2 is 1.79 bits per heavy atom. The molecule has 11 heteroatoms. The summed E-state index contributed by atoms with van der Waals surface area (Å²) in [5, 5.41) is 8.44. The van der Waals surface area contributed by atoms with Gasteiger partial charge in [0, 0.05) is 15.6 Å². The van der Waals surface area contributed by atoms with Crippen molar-refractivity contribution >= 4 is 26.0 Å². The van der Waals surface area contributed by atoms with Crippen LogP contribution in [0, 0.1) is 18.6 Å². The van der Waals surface area contributed by atoms with Crippen molar-refractivity contribution in [3.8, 4) is 22.4 Å². The fourth-order valence-electron chi connectivity index (χ4n) is 2.72. The Kier molecular flexibility index (Phi) is 5.34. The van der Waals surface area contributed by atoms with E-state index in [0.717, 1.165) is 5.56 Å². The van der Waals surface area contributed by atoms with Crippen LogP contribution in [0.15, 0.2) is 44.2 Å². The first-order valence-electron chi connectivity index (χ1n) is 7.56. The highest BCUT2D eigenvalue weighted by molar-refractivity contribution is 9.10. The Morgan fingerprint density at radius 1 is 1.11 bits per heavy atom. The number of nitrogens with zero attached hydrogens (tertiary/aromatic N) is 1. The summed E-state index contributed by atoms with van der Waals surface area (Å²) >= 11 is 3.26. The van der Waals surface area contributed by atoms with Gasteiger partial charge >= 0.3 is 0 Å². The standard InChI is InChI=1S/C17H11BrF4N2O3S/c1-7-2-8(4-9(18)3-7)15-14(16(17(21)22)27-24-15)10-5-12(20)13(6-11(10)19)28(23,25)26/h2-6,17H,1H3,(H2,23,25,26). The summed E-state index contributed by atoms with van der Waals surface area (Å²) in [5.41, 5.74) is -0.207. The molecular formula is C17H11BrF4N2O3S. The van der Waals surface area contributed by atoms with Gasteiger partial charge in [-0.3, -0.25) is 0 Å². The second-order valence-electron chi connectivity index (χ2n) is 5.90. The van der Waals surface area contributed by atoms with Crippen molar-refractivity contribution in [2.45, 2.75) is 18.2 Å². The highest BCUT2D eigenvalue weighted by Gasteiger charge is 2.29. The Bertz CT molecular complexity index is 1160. The molecule has 0 atom stereocenters. The number of primary sulfonamides is 1. The van der Waals surface area contributed by atoms with Crippen molar-refractivity contribution in [3.05, 3.63) is 57.8 Å². The van der Waals surface area contributed by atoms with Crippen molar-refractivity contribution in [1.82, 2.24) is 5.16 Å². The first kappa shape index (κ1) is 20.5. The molecule has 0 radical (unpaired) electrons. The number of aromatic nitrogens is 1. The Balaban J connectivity index is 2.33. The third-order valence-corrected chi connectivity index (χ3v) is 5.21. The minimum absolute atomic E-state index is 0.152. The van der Waals surface area contributed by atoms with Gasteiger partial charge in [0.05, 0.1) is 5.56 Å². The number of rotatable bonds is 4. The van der Waals surface area contributed by atoms with Crippen LogP contribution in [-0.4, -0.2) is 13.6 Å². The smallest absolute Gasteiger partial charge is 0.298 e. The molecule has 2 N–H and O–H groups in total. The molecule has 148 valence electrons. The van der Waals surface area contributed by atoms with E-state index < -0.39 is 49.9 Å². The van der Waals surface area contributed by atoms with Gasteiger partial charge in [0.15, 0.2) is 0 Å². The molecule has 0 aliphatic carbocycles. The van der Waals surface area contributed by atoms with Crippen LogP contribution in [0.1, 0.15) is 17.7 Å². The summed E-state index contributed by atoms with van der Waals surface area (Å²) in [5.74, 6) is -3.64. The largest absolute Gasteiger partial charge is 0.354 e. The van der Waals surface area contributed by atoms with Crippen LogP contribution in [0.3, 0.4) is 0 Å². The number of benzene rings is 2. The van der Waals surface area contributed by atoms with Crippen molar-refractivity contribution in [1.29, 1.82) is 0 Å². The van der Waals surface area contributed by atoms with Crippen molar-refractivity contribution in [3.63, 3.8) is 0 Å². The molecule has 0 saturated carbocycles. The predicted octanol–water partition coefficient (Wildman–Crippen LogP) is 4.94. The SMILES string of the molecule is Cc1cc(Br)cc(-c2noc(C(F)F)c2-c2cc(F)c(S(N)(=O)=O)cc2F)c1. The van der Waals surface area contributed by atoms with E-state index in [-0.39, 0.29) is 5.69 Å². The van der Waals surface area contributed by atoms with Gasteiger partial charge in [0.25, 0.3) is 6.43 Å². The van der Waals surface area contributed by atoms with Gasteiger partial charge in [-0.05, 0) is 42.8 Å². The zero-order valence-electron chi connectivity index (χ0n) is 14.0. The lowest BCUT2D eigenvalue weighted by Crippen LogP contribution is -2.14. The molecule has 0 fully saturated rings. The molecule has 0 amide bonds. The normalized spacial score (nSPS) is 12.0. The first-order chi connectivity index (χ1) is 13.0. The van der Waals surface area contributed by atoms with E-state index in [2.05, 4.69) is 21.1 Å². The highest BCUT2D eigenvalue weighted by Crippen LogP contribution is 2.41. The lowest BCUT2D eigenvalue weighted by atomic mass is 9.97. The predicted molar refractivity (Wildman–Crippen MR) is 96.1 cm³/mol. The third kappa shape index (κ3) is 3.82. The highest BCUT2D eigenvalue weighted by atomic mass is 79.9. The Hall–Kier alpha value is -2.24. The molecule has 0 saturated heterocycles. The maximum Gasteiger partial charge on any atom is 0.298 e. The molecule has 0 spiro atoms. The zero-order valence-corrected chi connectivity index (χ0v) is 16.4. The van der Waals surface area contributed by atoms with Crippen LogP contribution in [0.25, 0.3) is 22.4 Å². The van der Waals surface area contributed by atoms with Crippen LogP contribution >= 0.6 is 15.9 Å². The monoisotopic (exact) mass is 478 g/mol. The van der Waals surface area contributed by atoms with E-state index in [0.29, 0.717) is 22.2 Å². The molecular weight excluding hydrogens is 468 g/mol. The minimum Gasteiger partial charge on any atom is -0.354 e. The van der Waals surface area contributed by atoms with E-state index in [1.54, 1.807) is 19.1 Å². The maximum atomic E-state index is 14.6. The lowest BCUT2D eigenvalue weighted by Gasteiger charge is -2.09. The molecule has 1 heterocycles. The number of nitrogens with two attached hydrogens (primary N) is 1. The summed E-state index contributed by atoms with van der Waals surface area (Å²) < 4.78 is 83.7. The second-order valence-corrected chi connectivity index (χ2v) is 8.34. The molecule has 28 heavy (non-hydrogen) atoms. The molecule has 5 nitrogen and oxygen atoms in total. The van der Waals surface area contributed by atoms with Crippen molar-refractivity contribution < 1.29 is 30.5 Å². The summed E-state index contributed by atoms with van der Waals surface area (Å²) in [6.07, 6.45) is -3.18. The third-order valence-electron chi connectivity index (χ3n) is 3.83. The number of sulfonamides is 1. The summed E-state index contributed by atoms with van der Waals surface area (Å²) in [6.45, 7) is 1.74. The molecule has 0 unspecified atom stereocenters. The van der Waals surface area contributed by atoms with Gasteiger partial charge in [-0.2, -0.15) is 0 Å². The average molecular weight is 479 g/mol.